The molecule has 0 spiro atoms. The number of hydrogen-bond donors (Lipinski definition) is 0. The second kappa shape index (κ2) is 4.09. The molecule has 1 aromatic rings. The molecule has 0 saturated carbocycles. The molecule has 0 aliphatic heterocycles. The van der Waals surface area contributed by atoms with Crippen LogP contribution in [0.25, 0.3) is 0 Å². The van der Waals surface area contributed by atoms with Crippen molar-refractivity contribution in [1.82, 2.24) is 4.98 Å². The summed E-state index contributed by atoms with van der Waals surface area (Å²) in [6.45, 7) is 0.298. The third kappa shape index (κ3) is 2.21. The van der Waals surface area contributed by atoms with Crippen LogP contribution in [-0.2, 0) is 15.7 Å². The van der Waals surface area contributed by atoms with Crippen LogP contribution < -0.4 is 0 Å². The summed E-state index contributed by atoms with van der Waals surface area (Å²) < 4.78 is 14.4. The lowest BCUT2D eigenvalue weighted by molar-refractivity contribution is 0.327. The van der Waals surface area contributed by atoms with Crippen molar-refractivity contribution < 1.29 is 9.09 Å². The number of aromatic nitrogens is 1. The Balaban J connectivity index is 2.50. The number of hydrogen-bond acceptors (Lipinski definition) is 3. The number of nitrogens with zero attached hydrogens (tertiary/aromatic N) is 1. The Bertz CT molecular complexity index is 202. The van der Waals surface area contributed by atoms with Gasteiger partial charge in [0.15, 0.2) is 0 Å². The van der Waals surface area contributed by atoms with Gasteiger partial charge in [0, 0.05) is 6.20 Å². The maximum atomic E-state index is 9.83. The SMILES string of the molecule is O=POCc1ccccn1. The van der Waals surface area contributed by atoms with E-state index in [4.69, 9.17) is 0 Å². The van der Waals surface area contributed by atoms with Crippen LogP contribution in [0.2, 0.25) is 0 Å². The predicted molar refractivity (Wildman–Crippen MR) is 36.6 cm³/mol. The normalized spacial score (nSPS) is 10.0. The summed E-state index contributed by atoms with van der Waals surface area (Å²) in [5, 5.41) is 0. The van der Waals surface area contributed by atoms with Crippen molar-refractivity contribution in [2.24, 2.45) is 0 Å². The smallest absolute Gasteiger partial charge is 0.288 e. The van der Waals surface area contributed by atoms with Gasteiger partial charge in [-0.2, -0.15) is 0 Å². The van der Waals surface area contributed by atoms with E-state index in [0.717, 1.165) is 5.69 Å². The molecule has 0 aromatic carbocycles. The first-order valence-electron chi connectivity index (χ1n) is 2.78. The lowest BCUT2D eigenvalue weighted by atomic mass is 10.4. The first kappa shape index (κ1) is 7.32. The molecule has 52 valence electrons. The van der Waals surface area contributed by atoms with E-state index in [9.17, 15) is 4.57 Å². The zero-order valence-electron chi connectivity index (χ0n) is 5.23. The minimum absolute atomic E-state index is 0.298. The average molecular weight is 155 g/mol. The van der Waals surface area contributed by atoms with Gasteiger partial charge in [0.25, 0.3) is 0 Å². The molecule has 0 saturated heterocycles. The van der Waals surface area contributed by atoms with Crippen LogP contribution in [0.4, 0.5) is 0 Å². The minimum atomic E-state index is -0.300. The van der Waals surface area contributed by atoms with Gasteiger partial charge in [0.2, 0.25) is 0 Å². The molecule has 0 bridgehead atoms. The first-order chi connectivity index (χ1) is 4.93. The number of pyridine rings is 1. The lowest BCUT2D eigenvalue weighted by Crippen LogP contribution is -1.86. The van der Waals surface area contributed by atoms with Gasteiger partial charge in [-0.15, -0.1) is 0 Å². The fourth-order valence-electron chi connectivity index (χ4n) is 0.576. The number of rotatable bonds is 3. The van der Waals surface area contributed by atoms with E-state index in [1.54, 1.807) is 6.20 Å². The fourth-order valence-corrected chi connectivity index (χ4v) is 0.761. The highest BCUT2D eigenvalue weighted by molar-refractivity contribution is 7.17. The molecule has 1 heterocycles. The molecule has 1 rings (SSSR count). The topological polar surface area (TPSA) is 39.2 Å². The summed E-state index contributed by atoms with van der Waals surface area (Å²) in [6.07, 6.45) is 1.67. The first-order valence-corrected chi connectivity index (χ1v) is 3.51. The predicted octanol–water partition coefficient (Wildman–Crippen LogP) is 1.80. The Morgan fingerprint density at radius 2 is 2.50 bits per heavy atom. The molecule has 0 N–H and O–H groups in total. The van der Waals surface area contributed by atoms with Crippen LogP contribution in [0.3, 0.4) is 0 Å². The molecule has 0 aliphatic carbocycles. The summed E-state index contributed by atoms with van der Waals surface area (Å²) in [5.74, 6) is 0. The highest BCUT2D eigenvalue weighted by Gasteiger charge is 1.89. The molecule has 3 nitrogen and oxygen atoms in total. The van der Waals surface area contributed by atoms with E-state index in [1.165, 1.54) is 0 Å². The molecule has 0 atom stereocenters. The summed E-state index contributed by atoms with van der Waals surface area (Å²) in [7, 11) is -0.300. The average Bonchev–Trinajstić information content (AvgIpc) is 2.03. The fraction of sp³-hybridized carbons (Fsp3) is 0.167. The van der Waals surface area contributed by atoms with Gasteiger partial charge in [-0.3, -0.25) is 9.51 Å². The van der Waals surface area contributed by atoms with Gasteiger partial charge in [0.05, 0.1) is 5.69 Å². The highest BCUT2D eigenvalue weighted by atomic mass is 31.1. The second-order valence-electron chi connectivity index (χ2n) is 1.67. The molecule has 10 heavy (non-hydrogen) atoms. The Hall–Kier alpha value is -0.790. The van der Waals surface area contributed by atoms with Crippen molar-refractivity contribution in [1.29, 1.82) is 0 Å². The maximum absolute atomic E-state index is 9.83. The summed E-state index contributed by atoms with van der Waals surface area (Å²) >= 11 is 0. The zero-order chi connectivity index (χ0) is 7.23. The molecule has 0 unspecified atom stereocenters. The molecule has 1 aromatic heterocycles. The minimum Gasteiger partial charge on any atom is -0.288 e. The van der Waals surface area contributed by atoms with Crippen molar-refractivity contribution in [2.75, 3.05) is 0 Å². The van der Waals surface area contributed by atoms with E-state index >= 15 is 0 Å². The lowest BCUT2D eigenvalue weighted by Gasteiger charge is -1.92. The highest BCUT2D eigenvalue weighted by Crippen LogP contribution is 2.01. The summed E-state index contributed by atoms with van der Waals surface area (Å²) in [6, 6.07) is 5.48. The molecule has 0 radical (unpaired) electrons. The molecule has 0 fully saturated rings. The Morgan fingerprint density at radius 3 is 3.10 bits per heavy atom. The second-order valence-corrected chi connectivity index (χ2v) is 2.08. The largest absolute Gasteiger partial charge is 0.327 e. The molecular formula is C6H6NO2P. The molecular weight excluding hydrogens is 149 g/mol. The quantitative estimate of drug-likeness (QED) is 0.624. The van der Waals surface area contributed by atoms with Gasteiger partial charge in [-0.1, -0.05) is 6.07 Å². The van der Waals surface area contributed by atoms with Gasteiger partial charge in [0.1, 0.15) is 6.61 Å². The van der Waals surface area contributed by atoms with Crippen LogP contribution in [0.15, 0.2) is 24.4 Å². The van der Waals surface area contributed by atoms with E-state index in [-0.39, 0.29) is 8.69 Å². The van der Waals surface area contributed by atoms with Crippen molar-refractivity contribution in [3.63, 3.8) is 0 Å². The molecule has 0 amide bonds. The monoisotopic (exact) mass is 155 g/mol. The third-order valence-corrected chi connectivity index (χ3v) is 1.23. The van der Waals surface area contributed by atoms with E-state index < -0.39 is 0 Å². The van der Waals surface area contributed by atoms with Crippen molar-refractivity contribution >= 4 is 8.69 Å². The van der Waals surface area contributed by atoms with Gasteiger partial charge in [-0.05, 0) is 12.1 Å². The van der Waals surface area contributed by atoms with E-state index in [1.807, 2.05) is 18.2 Å². The van der Waals surface area contributed by atoms with E-state index in [0.29, 0.717) is 6.61 Å². The van der Waals surface area contributed by atoms with Crippen LogP contribution >= 0.6 is 8.69 Å². The van der Waals surface area contributed by atoms with E-state index in [2.05, 4.69) is 9.51 Å². The summed E-state index contributed by atoms with van der Waals surface area (Å²) in [5.41, 5.74) is 0.783. The third-order valence-electron chi connectivity index (χ3n) is 0.991. The van der Waals surface area contributed by atoms with Crippen LogP contribution in [0.5, 0.6) is 0 Å². The van der Waals surface area contributed by atoms with Crippen LogP contribution in [0.1, 0.15) is 5.69 Å². The Labute approximate surface area is 60.3 Å². The van der Waals surface area contributed by atoms with Crippen molar-refractivity contribution in [2.45, 2.75) is 6.61 Å². The standard InChI is InChI=1S/C6H6NO2P/c8-10-9-5-6-3-1-2-4-7-6/h1-4H,5H2. The zero-order valence-corrected chi connectivity index (χ0v) is 6.12. The van der Waals surface area contributed by atoms with Crippen molar-refractivity contribution in [3.8, 4) is 0 Å². The molecule has 0 aliphatic rings. The van der Waals surface area contributed by atoms with Gasteiger partial charge >= 0.3 is 8.69 Å². The van der Waals surface area contributed by atoms with Crippen LogP contribution in [-0.4, -0.2) is 4.98 Å². The maximum Gasteiger partial charge on any atom is 0.327 e. The Morgan fingerprint density at radius 1 is 1.60 bits per heavy atom. The Kier molecular flexibility index (Phi) is 3.00. The summed E-state index contributed by atoms with van der Waals surface area (Å²) in [4.78, 5) is 3.95. The molecule has 4 heteroatoms. The van der Waals surface area contributed by atoms with Crippen molar-refractivity contribution in [3.05, 3.63) is 30.1 Å². The van der Waals surface area contributed by atoms with Gasteiger partial charge in [-0.25, -0.2) is 4.57 Å². The van der Waals surface area contributed by atoms with Crippen LogP contribution in [0, 0.1) is 0 Å². The van der Waals surface area contributed by atoms with Gasteiger partial charge < -0.3 is 0 Å².